The Kier molecular flexibility index (Phi) is 2.83. The summed E-state index contributed by atoms with van der Waals surface area (Å²) in [5.41, 5.74) is 8.84. The van der Waals surface area contributed by atoms with E-state index in [1.165, 1.54) is 30.7 Å². The van der Waals surface area contributed by atoms with Crippen LogP contribution in [0.1, 0.15) is 44.5 Å². The highest BCUT2D eigenvalue weighted by Crippen LogP contribution is 2.32. The Hall–Kier alpha value is -0.830. The van der Waals surface area contributed by atoms with Crippen molar-refractivity contribution in [3.63, 3.8) is 0 Å². The van der Waals surface area contributed by atoms with Crippen molar-refractivity contribution < 1.29 is 0 Å². The fourth-order valence-corrected chi connectivity index (χ4v) is 2.27. The van der Waals surface area contributed by atoms with E-state index in [4.69, 9.17) is 5.73 Å². The summed E-state index contributed by atoms with van der Waals surface area (Å²) < 4.78 is 2.10. The monoisotopic (exact) mass is 207 g/mol. The number of rotatable bonds is 4. The predicted molar refractivity (Wildman–Crippen MR) is 61.8 cm³/mol. The molecule has 0 spiro atoms. The molecule has 0 saturated heterocycles. The smallest absolute Gasteiger partial charge is 0.0624 e. The molecule has 1 saturated carbocycles. The third-order valence-electron chi connectivity index (χ3n) is 3.46. The number of nitrogens with zero attached hydrogens (tertiary/aromatic N) is 2. The predicted octanol–water partition coefficient (Wildman–Crippen LogP) is 1.89. The standard InChI is InChI=1S/C12H21N3/c1-3-10-8-11(15(4-2)14-10)9-12(13)6-5-7-12/h8H,3-7,9,13H2,1-2H3. The fraction of sp³-hybridized carbons (Fsp3) is 0.750. The molecule has 0 aromatic carbocycles. The topological polar surface area (TPSA) is 43.8 Å². The molecule has 1 aromatic heterocycles. The Bertz CT molecular complexity index is 337. The molecule has 0 bridgehead atoms. The lowest BCUT2D eigenvalue weighted by Crippen LogP contribution is -2.48. The van der Waals surface area contributed by atoms with E-state index < -0.39 is 0 Å². The molecule has 1 fully saturated rings. The lowest BCUT2D eigenvalue weighted by atomic mass is 9.74. The fourth-order valence-electron chi connectivity index (χ4n) is 2.27. The Morgan fingerprint density at radius 3 is 2.67 bits per heavy atom. The highest BCUT2D eigenvalue weighted by Gasteiger charge is 2.33. The summed E-state index contributed by atoms with van der Waals surface area (Å²) in [7, 11) is 0. The van der Waals surface area contributed by atoms with E-state index in [9.17, 15) is 0 Å². The van der Waals surface area contributed by atoms with Crippen molar-refractivity contribution in [1.82, 2.24) is 9.78 Å². The molecule has 1 aliphatic rings. The van der Waals surface area contributed by atoms with E-state index in [1.807, 2.05) is 0 Å². The van der Waals surface area contributed by atoms with Crippen molar-refractivity contribution >= 4 is 0 Å². The van der Waals surface area contributed by atoms with Gasteiger partial charge in [0.05, 0.1) is 5.69 Å². The van der Waals surface area contributed by atoms with Gasteiger partial charge in [0.15, 0.2) is 0 Å². The second-order valence-corrected chi connectivity index (χ2v) is 4.69. The van der Waals surface area contributed by atoms with E-state index in [1.54, 1.807) is 0 Å². The normalized spacial score (nSPS) is 18.9. The molecule has 1 heterocycles. The molecule has 0 atom stereocenters. The van der Waals surface area contributed by atoms with Crippen LogP contribution < -0.4 is 5.73 Å². The van der Waals surface area contributed by atoms with Crippen LogP contribution in [0.3, 0.4) is 0 Å². The molecule has 1 aromatic rings. The van der Waals surface area contributed by atoms with Crippen LogP contribution >= 0.6 is 0 Å². The van der Waals surface area contributed by atoms with Crippen LogP contribution in [-0.2, 0) is 19.4 Å². The van der Waals surface area contributed by atoms with Crippen molar-refractivity contribution in [1.29, 1.82) is 0 Å². The summed E-state index contributed by atoms with van der Waals surface area (Å²) in [6.45, 7) is 5.24. The summed E-state index contributed by atoms with van der Waals surface area (Å²) in [6, 6.07) is 2.22. The van der Waals surface area contributed by atoms with Gasteiger partial charge < -0.3 is 5.73 Å². The number of nitrogens with two attached hydrogens (primary N) is 1. The molecule has 84 valence electrons. The van der Waals surface area contributed by atoms with Crippen LogP contribution in [0.2, 0.25) is 0 Å². The van der Waals surface area contributed by atoms with E-state index in [0.29, 0.717) is 0 Å². The summed E-state index contributed by atoms with van der Waals surface area (Å²) >= 11 is 0. The maximum atomic E-state index is 6.27. The molecule has 1 aliphatic carbocycles. The van der Waals surface area contributed by atoms with E-state index in [2.05, 4.69) is 29.7 Å². The Morgan fingerprint density at radius 1 is 1.47 bits per heavy atom. The minimum atomic E-state index is 0.0674. The lowest BCUT2D eigenvalue weighted by Gasteiger charge is -2.38. The number of aromatic nitrogens is 2. The average molecular weight is 207 g/mol. The Morgan fingerprint density at radius 2 is 2.20 bits per heavy atom. The number of hydrogen-bond donors (Lipinski definition) is 1. The van der Waals surface area contributed by atoms with Gasteiger partial charge in [-0.05, 0) is 38.7 Å². The van der Waals surface area contributed by atoms with E-state index in [-0.39, 0.29) is 5.54 Å². The second kappa shape index (κ2) is 3.97. The zero-order valence-corrected chi connectivity index (χ0v) is 9.79. The molecule has 3 heteroatoms. The van der Waals surface area contributed by atoms with Gasteiger partial charge in [-0.25, -0.2) is 0 Å². The second-order valence-electron chi connectivity index (χ2n) is 4.69. The SMILES string of the molecule is CCc1cc(CC2(N)CCC2)n(CC)n1. The summed E-state index contributed by atoms with van der Waals surface area (Å²) in [6.07, 6.45) is 5.63. The van der Waals surface area contributed by atoms with Crippen molar-refractivity contribution in [3.8, 4) is 0 Å². The van der Waals surface area contributed by atoms with Crippen LogP contribution in [0.4, 0.5) is 0 Å². The number of hydrogen-bond acceptors (Lipinski definition) is 2. The molecule has 0 radical (unpaired) electrons. The zero-order valence-electron chi connectivity index (χ0n) is 9.79. The third-order valence-corrected chi connectivity index (χ3v) is 3.46. The molecule has 2 rings (SSSR count). The van der Waals surface area contributed by atoms with Crippen LogP contribution in [0.25, 0.3) is 0 Å². The van der Waals surface area contributed by atoms with Gasteiger partial charge >= 0.3 is 0 Å². The van der Waals surface area contributed by atoms with Crippen LogP contribution in [0.15, 0.2) is 6.07 Å². The van der Waals surface area contributed by atoms with Gasteiger partial charge in [0.1, 0.15) is 0 Å². The molecule has 0 amide bonds. The quantitative estimate of drug-likeness (QED) is 0.819. The first-order valence-corrected chi connectivity index (χ1v) is 6.01. The molecular formula is C12H21N3. The summed E-state index contributed by atoms with van der Waals surface area (Å²) in [5, 5.41) is 4.55. The van der Waals surface area contributed by atoms with E-state index in [0.717, 1.165) is 19.4 Å². The van der Waals surface area contributed by atoms with Crippen LogP contribution in [-0.4, -0.2) is 15.3 Å². The molecule has 3 nitrogen and oxygen atoms in total. The van der Waals surface area contributed by atoms with Gasteiger partial charge in [-0.1, -0.05) is 6.92 Å². The minimum absolute atomic E-state index is 0.0674. The Balaban J connectivity index is 2.15. The van der Waals surface area contributed by atoms with Crippen LogP contribution in [0, 0.1) is 0 Å². The molecule has 0 unspecified atom stereocenters. The lowest BCUT2D eigenvalue weighted by molar-refractivity contribution is 0.242. The van der Waals surface area contributed by atoms with Crippen molar-refractivity contribution in [2.24, 2.45) is 5.73 Å². The number of aryl methyl sites for hydroxylation is 2. The van der Waals surface area contributed by atoms with Crippen molar-refractivity contribution in [3.05, 3.63) is 17.5 Å². The van der Waals surface area contributed by atoms with Crippen LogP contribution in [0.5, 0.6) is 0 Å². The van der Waals surface area contributed by atoms with Gasteiger partial charge in [-0.3, -0.25) is 4.68 Å². The van der Waals surface area contributed by atoms with Crippen molar-refractivity contribution in [2.45, 2.75) is 58.0 Å². The zero-order chi connectivity index (χ0) is 10.9. The molecule has 15 heavy (non-hydrogen) atoms. The third kappa shape index (κ3) is 2.07. The maximum Gasteiger partial charge on any atom is 0.0624 e. The first kappa shape index (κ1) is 10.7. The highest BCUT2D eigenvalue weighted by atomic mass is 15.3. The summed E-state index contributed by atoms with van der Waals surface area (Å²) in [4.78, 5) is 0. The molecule has 0 aliphatic heterocycles. The van der Waals surface area contributed by atoms with Crippen molar-refractivity contribution in [2.75, 3.05) is 0 Å². The Labute approximate surface area is 91.7 Å². The van der Waals surface area contributed by atoms with Gasteiger partial charge in [0.25, 0.3) is 0 Å². The minimum Gasteiger partial charge on any atom is -0.325 e. The molecule has 2 N–H and O–H groups in total. The maximum absolute atomic E-state index is 6.27. The first-order chi connectivity index (χ1) is 7.17. The summed E-state index contributed by atoms with van der Waals surface area (Å²) in [5.74, 6) is 0. The first-order valence-electron chi connectivity index (χ1n) is 6.01. The van der Waals surface area contributed by atoms with Gasteiger partial charge in [0, 0.05) is 24.2 Å². The molecular weight excluding hydrogens is 186 g/mol. The van der Waals surface area contributed by atoms with E-state index >= 15 is 0 Å². The average Bonchev–Trinajstić information content (AvgIpc) is 2.58. The van der Waals surface area contributed by atoms with Gasteiger partial charge in [-0.15, -0.1) is 0 Å². The van der Waals surface area contributed by atoms with Gasteiger partial charge in [0.2, 0.25) is 0 Å². The largest absolute Gasteiger partial charge is 0.325 e. The highest BCUT2D eigenvalue weighted by molar-refractivity contribution is 5.15. The van der Waals surface area contributed by atoms with Gasteiger partial charge in [-0.2, -0.15) is 5.10 Å².